The predicted octanol–water partition coefficient (Wildman–Crippen LogP) is 3.33. The van der Waals surface area contributed by atoms with E-state index in [0.29, 0.717) is 0 Å². The maximum atomic E-state index is 6.38. The molecule has 0 saturated carbocycles. The maximum absolute atomic E-state index is 6.38. The topological polar surface area (TPSA) is 30.9 Å². The highest BCUT2D eigenvalue weighted by atomic mass is 16.5. The molecule has 120 valence electrons. The zero-order chi connectivity index (χ0) is 15.8. The van der Waals surface area contributed by atoms with Crippen LogP contribution in [0.2, 0.25) is 0 Å². The summed E-state index contributed by atoms with van der Waals surface area (Å²) < 4.78 is 17.1. The summed E-state index contributed by atoms with van der Waals surface area (Å²) in [7, 11) is 3.32. The van der Waals surface area contributed by atoms with Crippen LogP contribution in [0.1, 0.15) is 29.0 Å². The lowest BCUT2D eigenvalue weighted by Gasteiger charge is -2.29. The van der Waals surface area contributed by atoms with Crippen molar-refractivity contribution in [3.63, 3.8) is 0 Å². The van der Waals surface area contributed by atoms with Crippen LogP contribution in [0.25, 0.3) is 0 Å². The third-order valence-electron chi connectivity index (χ3n) is 4.79. The first kappa shape index (κ1) is 14.5. The summed E-state index contributed by atoms with van der Waals surface area (Å²) in [6.07, 6.45) is 1.22. The van der Waals surface area contributed by atoms with Gasteiger partial charge in [-0.15, -0.1) is 0 Å². The molecule has 23 heavy (non-hydrogen) atoms. The van der Waals surface area contributed by atoms with Crippen LogP contribution >= 0.6 is 0 Å². The van der Waals surface area contributed by atoms with Gasteiger partial charge in [-0.25, -0.2) is 0 Å². The van der Waals surface area contributed by atoms with Gasteiger partial charge in [0.2, 0.25) is 0 Å². The monoisotopic (exact) mass is 311 g/mol. The molecule has 0 aromatic heterocycles. The van der Waals surface area contributed by atoms with E-state index in [4.69, 9.17) is 14.2 Å². The molecule has 4 heteroatoms. The lowest BCUT2D eigenvalue weighted by Crippen LogP contribution is -2.31. The van der Waals surface area contributed by atoms with Gasteiger partial charge in [0.25, 0.3) is 0 Å². The van der Waals surface area contributed by atoms with Crippen molar-refractivity contribution in [3.8, 4) is 11.5 Å². The number of rotatable bonds is 3. The van der Waals surface area contributed by atoms with Crippen molar-refractivity contribution in [2.45, 2.75) is 18.8 Å². The molecule has 4 nitrogen and oxygen atoms in total. The summed E-state index contributed by atoms with van der Waals surface area (Å²) in [5.41, 5.74) is 3.85. The number of methoxy groups -OCH3 is 2. The van der Waals surface area contributed by atoms with E-state index in [9.17, 15) is 0 Å². The molecule has 2 aromatic rings. The molecular formula is C19H21NO3. The van der Waals surface area contributed by atoms with Gasteiger partial charge in [0, 0.05) is 13.1 Å². The quantitative estimate of drug-likeness (QED) is 0.870. The van der Waals surface area contributed by atoms with Gasteiger partial charge in [0.1, 0.15) is 6.23 Å². The van der Waals surface area contributed by atoms with E-state index in [1.165, 1.54) is 11.1 Å². The summed E-state index contributed by atoms with van der Waals surface area (Å²) in [4.78, 5) is 2.42. The Morgan fingerprint density at radius 2 is 1.87 bits per heavy atom. The van der Waals surface area contributed by atoms with Gasteiger partial charge in [0.15, 0.2) is 11.5 Å². The van der Waals surface area contributed by atoms with Crippen LogP contribution in [0.5, 0.6) is 11.5 Å². The van der Waals surface area contributed by atoms with Gasteiger partial charge >= 0.3 is 0 Å². The van der Waals surface area contributed by atoms with Gasteiger partial charge in [-0.2, -0.15) is 0 Å². The highest BCUT2D eigenvalue weighted by molar-refractivity contribution is 5.44. The lowest BCUT2D eigenvalue weighted by atomic mass is 9.99. The largest absolute Gasteiger partial charge is 0.493 e. The second kappa shape index (κ2) is 5.87. The molecule has 2 aliphatic rings. The fourth-order valence-corrected chi connectivity index (χ4v) is 3.58. The molecule has 2 atom stereocenters. The molecule has 0 aliphatic carbocycles. The second-order valence-electron chi connectivity index (χ2n) is 6.04. The van der Waals surface area contributed by atoms with Gasteiger partial charge in [0.05, 0.1) is 20.3 Å². The van der Waals surface area contributed by atoms with E-state index >= 15 is 0 Å². The first-order valence-corrected chi connectivity index (χ1v) is 7.99. The van der Waals surface area contributed by atoms with Crippen LogP contribution in [-0.2, 0) is 11.2 Å². The molecule has 1 fully saturated rings. The average Bonchev–Trinajstić information content (AvgIpc) is 3.05. The first-order valence-electron chi connectivity index (χ1n) is 7.99. The minimum Gasteiger partial charge on any atom is -0.493 e. The first-order chi connectivity index (χ1) is 11.3. The van der Waals surface area contributed by atoms with Crippen molar-refractivity contribution >= 4 is 0 Å². The number of hydrogen-bond acceptors (Lipinski definition) is 4. The Morgan fingerprint density at radius 3 is 2.70 bits per heavy atom. The van der Waals surface area contributed by atoms with Crippen molar-refractivity contribution in [3.05, 3.63) is 59.2 Å². The Labute approximate surface area is 136 Å². The number of hydrogen-bond donors (Lipinski definition) is 0. The van der Waals surface area contributed by atoms with Crippen LogP contribution in [0, 0.1) is 0 Å². The zero-order valence-corrected chi connectivity index (χ0v) is 13.5. The van der Waals surface area contributed by atoms with Crippen LogP contribution < -0.4 is 9.47 Å². The second-order valence-corrected chi connectivity index (χ2v) is 6.04. The fraction of sp³-hybridized carbons (Fsp3) is 0.368. The Balaban J connectivity index is 1.62. The van der Waals surface area contributed by atoms with Crippen LogP contribution in [-0.4, -0.2) is 32.2 Å². The van der Waals surface area contributed by atoms with Crippen LogP contribution in [0.3, 0.4) is 0 Å². The van der Waals surface area contributed by atoms with Crippen molar-refractivity contribution < 1.29 is 14.2 Å². The summed E-state index contributed by atoms with van der Waals surface area (Å²) in [6, 6.07) is 14.6. The zero-order valence-electron chi connectivity index (χ0n) is 13.5. The van der Waals surface area contributed by atoms with E-state index < -0.39 is 0 Å². The molecule has 0 amide bonds. The van der Waals surface area contributed by atoms with E-state index in [1.54, 1.807) is 14.2 Å². The summed E-state index contributed by atoms with van der Waals surface area (Å²) in [5.74, 6) is 1.50. The normalized spacial score (nSPS) is 23.2. The highest BCUT2D eigenvalue weighted by Gasteiger charge is 2.38. The van der Waals surface area contributed by atoms with E-state index in [1.807, 2.05) is 12.1 Å². The molecule has 2 aromatic carbocycles. The number of ether oxygens (including phenoxy) is 3. The van der Waals surface area contributed by atoms with E-state index in [-0.39, 0.29) is 12.3 Å². The number of fused-ring (bicyclic) bond motifs is 3. The van der Waals surface area contributed by atoms with Crippen LogP contribution in [0.15, 0.2) is 42.5 Å². The summed E-state index contributed by atoms with van der Waals surface area (Å²) >= 11 is 0. The minimum atomic E-state index is 0.0611. The van der Waals surface area contributed by atoms with Gasteiger partial charge in [-0.1, -0.05) is 30.3 Å². The molecule has 0 radical (unpaired) electrons. The standard InChI is InChI=1S/C19H21NO3/c1-21-16-8-7-14(11-17(16)22-2)18-12-20-10-9-13-5-3-4-6-15(13)19(20)23-18/h3-8,11,18-19H,9-10,12H2,1-2H3. The molecule has 2 heterocycles. The third kappa shape index (κ3) is 2.48. The number of benzene rings is 2. The van der Waals surface area contributed by atoms with Crippen molar-refractivity contribution in [1.82, 2.24) is 4.90 Å². The molecule has 0 spiro atoms. The SMILES string of the molecule is COc1ccc(C2CN3CCc4ccccc4C3O2)cc1OC. The predicted molar refractivity (Wildman–Crippen MR) is 87.8 cm³/mol. The molecule has 2 aliphatic heterocycles. The molecule has 0 bridgehead atoms. The molecule has 4 rings (SSSR count). The van der Waals surface area contributed by atoms with Crippen molar-refractivity contribution in [2.24, 2.45) is 0 Å². The minimum absolute atomic E-state index is 0.0611. The van der Waals surface area contributed by atoms with Crippen molar-refractivity contribution in [1.29, 1.82) is 0 Å². The van der Waals surface area contributed by atoms with E-state index in [0.717, 1.165) is 36.6 Å². The molecule has 0 N–H and O–H groups in total. The lowest BCUT2D eigenvalue weighted by molar-refractivity contribution is -0.00766. The Kier molecular flexibility index (Phi) is 3.71. The smallest absolute Gasteiger partial charge is 0.161 e. The van der Waals surface area contributed by atoms with E-state index in [2.05, 4.69) is 35.2 Å². The molecular weight excluding hydrogens is 290 g/mol. The highest BCUT2D eigenvalue weighted by Crippen LogP contribution is 2.42. The van der Waals surface area contributed by atoms with Crippen LogP contribution in [0.4, 0.5) is 0 Å². The average molecular weight is 311 g/mol. The summed E-state index contributed by atoms with van der Waals surface area (Å²) in [5, 5.41) is 0. The Bertz CT molecular complexity index is 716. The number of nitrogens with zero attached hydrogens (tertiary/aromatic N) is 1. The Hall–Kier alpha value is -2.04. The van der Waals surface area contributed by atoms with Gasteiger partial charge in [-0.3, -0.25) is 4.90 Å². The molecule has 2 unspecified atom stereocenters. The van der Waals surface area contributed by atoms with Gasteiger partial charge in [-0.05, 0) is 35.2 Å². The maximum Gasteiger partial charge on any atom is 0.161 e. The summed E-state index contributed by atoms with van der Waals surface area (Å²) in [6.45, 7) is 1.96. The molecule has 1 saturated heterocycles. The Morgan fingerprint density at radius 1 is 1.04 bits per heavy atom. The van der Waals surface area contributed by atoms with Gasteiger partial charge < -0.3 is 14.2 Å². The van der Waals surface area contributed by atoms with Crippen molar-refractivity contribution in [2.75, 3.05) is 27.3 Å². The third-order valence-corrected chi connectivity index (χ3v) is 4.79. The fourth-order valence-electron chi connectivity index (χ4n) is 3.58.